The molecule has 0 saturated carbocycles. The molecule has 0 radical (unpaired) electrons. The van der Waals surface area contributed by atoms with E-state index >= 15 is 0 Å². The zero-order valence-electron chi connectivity index (χ0n) is 13.1. The first-order valence-corrected chi connectivity index (χ1v) is 12.6. The van der Waals surface area contributed by atoms with Gasteiger partial charge in [-0.1, -0.05) is 0 Å². The van der Waals surface area contributed by atoms with Crippen LogP contribution in [-0.4, -0.2) is 13.3 Å². The van der Waals surface area contributed by atoms with Gasteiger partial charge in [-0.3, -0.25) is 0 Å². The van der Waals surface area contributed by atoms with Crippen LogP contribution in [-0.2, 0) is 0 Å². The topological polar surface area (TPSA) is 39.4 Å². The van der Waals surface area contributed by atoms with E-state index in [1.54, 1.807) is 18.8 Å². The summed E-state index contributed by atoms with van der Waals surface area (Å²) < 4.78 is 20.9. The van der Waals surface area contributed by atoms with Gasteiger partial charge in [0.05, 0.1) is 0 Å². The van der Waals surface area contributed by atoms with Gasteiger partial charge in [-0.15, -0.1) is 0 Å². The van der Waals surface area contributed by atoms with Crippen LogP contribution >= 0.6 is 0 Å². The van der Waals surface area contributed by atoms with E-state index < -0.39 is 13.3 Å². The second kappa shape index (κ2) is 6.65. The molecular formula is C18H22GeO3. The number of rotatable bonds is 7. The molecule has 0 aromatic carbocycles. The molecule has 3 nitrogen and oxygen atoms in total. The fourth-order valence-electron chi connectivity index (χ4n) is 3.24. The van der Waals surface area contributed by atoms with Gasteiger partial charge in [0.2, 0.25) is 0 Å². The average molecular weight is 359 g/mol. The zero-order valence-corrected chi connectivity index (χ0v) is 15.2. The van der Waals surface area contributed by atoms with Crippen molar-refractivity contribution in [3.63, 3.8) is 0 Å². The Morgan fingerprint density at radius 3 is 1.45 bits per heavy atom. The van der Waals surface area contributed by atoms with Crippen molar-refractivity contribution < 1.29 is 13.3 Å². The predicted octanol–water partition coefficient (Wildman–Crippen LogP) is 3.37. The fraction of sp³-hybridized carbons (Fsp3) is 0.333. The molecular weight excluding hydrogens is 337 g/mol. The van der Waals surface area contributed by atoms with E-state index in [-0.39, 0.29) is 0 Å². The van der Waals surface area contributed by atoms with Gasteiger partial charge >= 0.3 is 133 Å². The summed E-state index contributed by atoms with van der Waals surface area (Å²) in [7, 11) is 0. The molecule has 0 bridgehead atoms. The Labute approximate surface area is 133 Å². The Bertz CT molecular complexity index is 565. The summed E-state index contributed by atoms with van der Waals surface area (Å²) in [4.78, 5) is 0. The van der Waals surface area contributed by atoms with Crippen LogP contribution in [0.5, 0.6) is 0 Å². The summed E-state index contributed by atoms with van der Waals surface area (Å²) in [5.41, 5.74) is 0. The molecule has 22 heavy (non-hydrogen) atoms. The monoisotopic (exact) mass is 360 g/mol. The van der Waals surface area contributed by atoms with Crippen molar-refractivity contribution in [1.82, 2.24) is 0 Å². The van der Waals surface area contributed by atoms with Gasteiger partial charge < -0.3 is 0 Å². The van der Waals surface area contributed by atoms with Gasteiger partial charge in [-0.2, -0.15) is 0 Å². The first-order valence-electron chi connectivity index (χ1n) is 7.93. The van der Waals surface area contributed by atoms with E-state index in [2.05, 4.69) is 32.0 Å². The van der Waals surface area contributed by atoms with Crippen molar-refractivity contribution >= 4 is 27.0 Å². The summed E-state index contributed by atoms with van der Waals surface area (Å²) >= 11 is -3.03. The molecule has 116 valence electrons. The SMILES string of the molecule is CCC(CC)[CH2][Ge]([c]1ccco1)([c]1ccco1)[c]1ccco1. The normalized spacial score (nSPS) is 12.1. The molecule has 3 rings (SSSR count). The van der Waals surface area contributed by atoms with E-state index in [0.29, 0.717) is 5.92 Å². The minimum atomic E-state index is -3.03. The summed E-state index contributed by atoms with van der Waals surface area (Å²) in [5.74, 6) is 0.639. The molecule has 0 amide bonds. The fourth-order valence-corrected chi connectivity index (χ4v) is 13.2. The molecule has 0 fully saturated rings. The molecule has 3 aromatic heterocycles. The van der Waals surface area contributed by atoms with Crippen LogP contribution in [0.1, 0.15) is 26.7 Å². The van der Waals surface area contributed by atoms with Crippen LogP contribution in [0.15, 0.2) is 68.4 Å². The van der Waals surface area contributed by atoms with E-state index in [1.807, 2.05) is 18.2 Å². The molecule has 3 aromatic rings. The Kier molecular flexibility index (Phi) is 4.62. The van der Waals surface area contributed by atoms with Crippen LogP contribution < -0.4 is 13.8 Å². The molecule has 0 spiro atoms. The van der Waals surface area contributed by atoms with Crippen LogP contribution in [0, 0.1) is 5.92 Å². The second-order valence-electron chi connectivity index (χ2n) is 5.72. The Balaban J connectivity index is 2.19. The molecule has 0 aliphatic rings. The number of furan rings is 3. The molecule has 0 unspecified atom stereocenters. The summed E-state index contributed by atoms with van der Waals surface area (Å²) in [6, 6.07) is 12.2. The Morgan fingerprint density at radius 1 is 0.773 bits per heavy atom. The van der Waals surface area contributed by atoms with Crippen LogP contribution in [0.2, 0.25) is 5.25 Å². The second-order valence-corrected chi connectivity index (χ2v) is 13.5. The predicted molar refractivity (Wildman–Crippen MR) is 89.7 cm³/mol. The van der Waals surface area contributed by atoms with Crippen molar-refractivity contribution in [1.29, 1.82) is 0 Å². The van der Waals surface area contributed by atoms with Gasteiger partial charge in [-0.05, 0) is 0 Å². The van der Waals surface area contributed by atoms with E-state index in [0.717, 1.165) is 31.9 Å². The van der Waals surface area contributed by atoms with Gasteiger partial charge in [0.15, 0.2) is 0 Å². The Morgan fingerprint density at radius 2 is 1.18 bits per heavy atom. The van der Waals surface area contributed by atoms with Gasteiger partial charge in [0, 0.05) is 0 Å². The maximum atomic E-state index is 5.90. The standard InChI is InChI=1S/C18H22GeO3/c1-3-15(4-2)14-19(16-8-5-11-20-16,17-9-6-12-21-17)18-10-7-13-22-18/h5-13,15H,3-4,14H2,1-2H3. The molecule has 0 aliphatic heterocycles. The van der Waals surface area contributed by atoms with E-state index in [4.69, 9.17) is 13.3 Å². The van der Waals surface area contributed by atoms with Gasteiger partial charge in [0.1, 0.15) is 0 Å². The van der Waals surface area contributed by atoms with Crippen LogP contribution in [0.4, 0.5) is 0 Å². The van der Waals surface area contributed by atoms with Crippen molar-refractivity contribution in [3.8, 4) is 0 Å². The minimum absolute atomic E-state index is 0.639. The Hall–Kier alpha value is -1.62. The average Bonchev–Trinajstić information content (AvgIpc) is 3.30. The molecule has 4 heteroatoms. The quantitative estimate of drug-likeness (QED) is 0.608. The van der Waals surface area contributed by atoms with Crippen molar-refractivity contribution in [3.05, 3.63) is 55.2 Å². The van der Waals surface area contributed by atoms with E-state index in [9.17, 15) is 0 Å². The first-order chi connectivity index (χ1) is 10.8. The van der Waals surface area contributed by atoms with Crippen LogP contribution in [0.3, 0.4) is 0 Å². The molecule has 0 aliphatic carbocycles. The van der Waals surface area contributed by atoms with Crippen LogP contribution in [0.25, 0.3) is 0 Å². The zero-order chi connectivity index (χ0) is 15.4. The molecule has 0 saturated heterocycles. The van der Waals surface area contributed by atoms with Gasteiger partial charge in [-0.25, -0.2) is 0 Å². The van der Waals surface area contributed by atoms with Gasteiger partial charge in [0.25, 0.3) is 0 Å². The molecule has 0 N–H and O–H groups in total. The van der Waals surface area contributed by atoms with Crippen molar-refractivity contribution in [2.24, 2.45) is 5.92 Å². The third-order valence-corrected chi connectivity index (χ3v) is 14.2. The van der Waals surface area contributed by atoms with E-state index in [1.165, 1.54) is 0 Å². The van der Waals surface area contributed by atoms with Crippen molar-refractivity contribution in [2.45, 2.75) is 31.9 Å². The summed E-state index contributed by atoms with van der Waals surface area (Å²) in [6.07, 6.45) is 7.59. The van der Waals surface area contributed by atoms with Crippen molar-refractivity contribution in [2.75, 3.05) is 0 Å². The summed E-state index contributed by atoms with van der Waals surface area (Å²) in [6.45, 7) is 4.52. The molecule has 0 atom stereocenters. The third kappa shape index (κ3) is 2.58. The number of hydrogen-bond acceptors (Lipinski definition) is 3. The summed E-state index contributed by atoms with van der Waals surface area (Å²) in [5, 5.41) is 1.08. The number of hydrogen-bond donors (Lipinski definition) is 0. The third-order valence-electron chi connectivity index (χ3n) is 4.57. The molecule has 3 heterocycles. The maximum absolute atomic E-state index is 5.90. The first kappa shape index (κ1) is 15.3.